The van der Waals surface area contributed by atoms with Crippen LogP contribution in [0.3, 0.4) is 0 Å². The number of rotatable bonds is 6. The van der Waals surface area contributed by atoms with Crippen LogP contribution in [0.2, 0.25) is 0 Å². The van der Waals surface area contributed by atoms with Gasteiger partial charge in [-0.25, -0.2) is 0 Å². The molecule has 0 bridgehead atoms. The summed E-state index contributed by atoms with van der Waals surface area (Å²) in [4.78, 5) is 2.53. The highest BCUT2D eigenvalue weighted by molar-refractivity contribution is 5.19. The van der Waals surface area contributed by atoms with Crippen molar-refractivity contribution in [3.63, 3.8) is 0 Å². The summed E-state index contributed by atoms with van der Waals surface area (Å²) in [5.41, 5.74) is 1.38. The summed E-state index contributed by atoms with van der Waals surface area (Å²) >= 11 is 0. The molecule has 0 aliphatic carbocycles. The van der Waals surface area contributed by atoms with Gasteiger partial charge >= 0.3 is 0 Å². The summed E-state index contributed by atoms with van der Waals surface area (Å²) in [6, 6.07) is 11.2. The lowest BCUT2D eigenvalue weighted by Gasteiger charge is -2.37. The molecule has 1 aliphatic rings. The molecule has 0 aromatic heterocycles. The van der Waals surface area contributed by atoms with Crippen LogP contribution in [-0.4, -0.2) is 43.3 Å². The van der Waals surface area contributed by atoms with E-state index in [1.807, 2.05) is 0 Å². The minimum Gasteiger partial charge on any atom is -0.373 e. The second-order valence-electron chi connectivity index (χ2n) is 5.89. The molecule has 1 fully saturated rings. The van der Waals surface area contributed by atoms with Crippen molar-refractivity contribution in [2.75, 3.05) is 26.2 Å². The highest BCUT2D eigenvalue weighted by Crippen LogP contribution is 2.18. The molecule has 3 heteroatoms. The van der Waals surface area contributed by atoms with Crippen molar-refractivity contribution < 1.29 is 4.74 Å². The molecule has 0 amide bonds. The summed E-state index contributed by atoms with van der Waals surface area (Å²) in [6.07, 6.45) is 1.84. The first-order valence-corrected chi connectivity index (χ1v) is 7.85. The van der Waals surface area contributed by atoms with E-state index in [2.05, 4.69) is 61.3 Å². The minimum absolute atomic E-state index is 0.335. The molecule has 3 nitrogen and oxygen atoms in total. The number of ether oxygens (including phenoxy) is 1. The summed E-state index contributed by atoms with van der Waals surface area (Å²) in [7, 11) is 0. The van der Waals surface area contributed by atoms with Gasteiger partial charge in [-0.3, -0.25) is 4.90 Å². The van der Waals surface area contributed by atoms with Crippen LogP contribution in [0, 0.1) is 0 Å². The number of benzene rings is 1. The zero-order valence-corrected chi connectivity index (χ0v) is 13.0. The van der Waals surface area contributed by atoms with Crippen LogP contribution in [0.5, 0.6) is 0 Å². The molecule has 1 saturated heterocycles. The maximum Gasteiger partial charge on any atom is 0.0678 e. The molecule has 1 aliphatic heterocycles. The average Bonchev–Trinajstić information content (AvgIpc) is 2.43. The lowest BCUT2D eigenvalue weighted by atomic mass is 10.1. The number of hydrogen-bond donors (Lipinski definition) is 1. The topological polar surface area (TPSA) is 24.5 Å². The van der Waals surface area contributed by atoms with Crippen LogP contribution >= 0.6 is 0 Å². The molecule has 2 rings (SSSR count). The monoisotopic (exact) mass is 276 g/mol. The smallest absolute Gasteiger partial charge is 0.0678 e. The van der Waals surface area contributed by atoms with Crippen molar-refractivity contribution in [3.05, 3.63) is 35.9 Å². The minimum atomic E-state index is 0.335. The van der Waals surface area contributed by atoms with Gasteiger partial charge in [0, 0.05) is 25.7 Å². The number of morpholine rings is 1. The summed E-state index contributed by atoms with van der Waals surface area (Å²) in [5, 5.41) is 3.68. The number of nitrogens with one attached hydrogen (secondary N) is 1. The summed E-state index contributed by atoms with van der Waals surface area (Å²) in [5.74, 6) is 0. The van der Waals surface area contributed by atoms with E-state index in [0.717, 1.165) is 26.2 Å². The van der Waals surface area contributed by atoms with Crippen LogP contribution in [0.4, 0.5) is 0 Å². The zero-order chi connectivity index (χ0) is 14.4. The third kappa shape index (κ3) is 4.58. The van der Waals surface area contributed by atoms with Crippen LogP contribution in [0.25, 0.3) is 0 Å². The summed E-state index contributed by atoms with van der Waals surface area (Å²) < 4.78 is 5.82. The Balaban J connectivity index is 2.00. The Morgan fingerprint density at radius 3 is 2.45 bits per heavy atom. The molecular weight excluding hydrogens is 248 g/mol. The van der Waals surface area contributed by atoms with E-state index in [1.54, 1.807) is 0 Å². The van der Waals surface area contributed by atoms with Gasteiger partial charge in [0.2, 0.25) is 0 Å². The molecule has 1 aromatic rings. The molecule has 0 saturated carbocycles. The van der Waals surface area contributed by atoms with E-state index in [1.165, 1.54) is 12.0 Å². The number of nitrogens with zero attached hydrogens (tertiary/aromatic N) is 1. The van der Waals surface area contributed by atoms with Gasteiger partial charge in [0.25, 0.3) is 0 Å². The van der Waals surface area contributed by atoms with Gasteiger partial charge in [0.05, 0.1) is 12.2 Å². The Bertz CT molecular complexity index is 372. The van der Waals surface area contributed by atoms with E-state index < -0.39 is 0 Å². The van der Waals surface area contributed by atoms with Crippen molar-refractivity contribution in [3.8, 4) is 0 Å². The molecule has 1 N–H and O–H groups in total. The van der Waals surface area contributed by atoms with Crippen molar-refractivity contribution in [1.29, 1.82) is 0 Å². The van der Waals surface area contributed by atoms with E-state index in [-0.39, 0.29) is 0 Å². The van der Waals surface area contributed by atoms with Crippen LogP contribution in [0.1, 0.15) is 38.8 Å². The molecule has 112 valence electrons. The first-order valence-electron chi connectivity index (χ1n) is 7.85. The quantitative estimate of drug-likeness (QED) is 0.864. The molecule has 1 heterocycles. The zero-order valence-electron chi connectivity index (χ0n) is 13.0. The van der Waals surface area contributed by atoms with E-state index in [0.29, 0.717) is 18.2 Å². The lowest BCUT2D eigenvalue weighted by Crippen LogP contribution is -2.48. The molecule has 3 atom stereocenters. The lowest BCUT2D eigenvalue weighted by molar-refractivity contribution is -0.0699. The van der Waals surface area contributed by atoms with Gasteiger partial charge < -0.3 is 10.1 Å². The van der Waals surface area contributed by atoms with Gasteiger partial charge in [-0.15, -0.1) is 0 Å². The summed E-state index contributed by atoms with van der Waals surface area (Å²) in [6.45, 7) is 10.7. The van der Waals surface area contributed by atoms with Gasteiger partial charge in [-0.05, 0) is 32.4 Å². The van der Waals surface area contributed by atoms with Crippen LogP contribution < -0.4 is 5.32 Å². The Labute approximate surface area is 123 Å². The van der Waals surface area contributed by atoms with Crippen LogP contribution in [-0.2, 0) is 4.74 Å². The van der Waals surface area contributed by atoms with Gasteiger partial charge in [-0.2, -0.15) is 0 Å². The fourth-order valence-electron chi connectivity index (χ4n) is 2.98. The first kappa shape index (κ1) is 15.5. The standard InChI is InChI=1S/C17H28N2O/c1-4-10-18-17(16-8-6-5-7-9-16)13-19-11-14(2)20-15(3)12-19/h5-9,14-15,17-18H,4,10-13H2,1-3H3/t14-,15+,17?. The van der Waals surface area contributed by atoms with Gasteiger partial charge in [0.15, 0.2) is 0 Å². The Hall–Kier alpha value is -0.900. The predicted molar refractivity (Wildman–Crippen MR) is 83.9 cm³/mol. The Morgan fingerprint density at radius 2 is 1.85 bits per heavy atom. The molecule has 1 aromatic carbocycles. The fraction of sp³-hybridized carbons (Fsp3) is 0.647. The Kier molecular flexibility index (Phi) is 6.02. The van der Waals surface area contributed by atoms with Crippen LogP contribution in [0.15, 0.2) is 30.3 Å². The van der Waals surface area contributed by atoms with Crippen molar-refractivity contribution in [2.24, 2.45) is 0 Å². The predicted octanol–water partition coefficient (Wildman–Crippen LogP) is 2.84. The SMILES string of the molecule is CCCNC(CN1C[C@@H](C)O[C@@H](C)C1)c1ccccc1. The molecule has 0 spiro atoms. The largest absolute Gasteiger partial charge is 0.373 e. The second kappa shape index (κ2) is 7.77. The second-order valence-corrected chi connectivity index (χ2v) is 5.89. The maximum absolute atomic E-state index is 5.82. The van der Waals surface area contributed by atoms with E-state index >= 15 is 0 Å². The molecule has 20 heavy (non-hydrogen) atoms. The third-order valence-corrected chi connectivity index (χ3v) is 3.78. The highest BCUT2D eigenvalue weighted by Gasteiger charge is 2.24. The Morgan fingerprint density at radius 1 is 1.20 bits per heavy atom. The normalized spacial score (nSPS) is 25.6. The fourth-order valence-corrected chi connectivity index (χ4v) is 2.98. The van der Waals surface area contributed by atoms with E-state index in [9.17, 15) is 0 Å². The van der Waals surface area contributed by atoms with Gasteiger partial charge in [-0.1, -0.05) is 37.3 Å². The molecular formula is C17H28N2O. The number of hydrogen-bond acceptors (Lipinski definition) is 3. The van der Waals surface area contributed by atoms with E-state index in [4.69, 9.17) is 4.74 Å². The average molecular weight is 276 g/mol. The van der Waals surface area contributed by atoms with Crippen molar-refractivity contribution in [1.82, 2.24) is 10.2 Å². The third-order valence-electron chi connectivity index (χ3n) is 3.78. The molecule has 1 unspecified atom stereocenters. The first-order chi connectivity index (χ1) is 9.69. The highest BCUT2D eigenvalue weighted by atomic mass is 16.5. The maximum atomic E-state index is 5.82. The van der Waals surface area contributed by atoms with Gasteiger partial charge in [0.1, 0.15) is 0 Å². The van der Waals surface area contributed by atoms with Crippen molar-refractivity contribution >= 4 is 0 Å². The van der Waals surface area contributed by atoms with Crippen molar-refractivity contribution in [2.45, 2.75) is 45.4 Å². The molecule has 0 radical (unpaired) electrons.